The number of hydrogen-bond donors (Lipinski definition) is 1. The summed E-state index contributed by atoms with van der Waals surface area (Å²) in [6, 6.07) is 7.22. The van der Waals surface area contributed by atoms with Crippen LogP contribution in [-0.4, -0.2) is 49.1 Å². The van der Waals surface area contributed by atoms with Gasteiger partial charge in [-0.2, -0.15) is 0 Å². The number of allylic oxidation sites excluding steroid dienone is 2. The molecule has 0 spiro atoms. The number of likely N-dealkylation sites (N-methyl/N-ethyl adjacent to an activating group) is 1. The first-order valence-corrected chi connectivity index (χ1v) is 11.9. The highest BCUT2D eigenvalue weighted by Crippen LogP contribution is 2.26. The second-order valence-electron chi connectivity index (χ2n) is 9.02. The molecule has 1 aromatic carbocycles. The quantitative estimate of drug-likeness (QED) is 0.393. The third-order valence-electron chi connectivity index (χ3n) is 6.43. The Bertz CT molecular complexity index is 694. The summed E-state index contributed by atoms with van der Waals surface area (Å²) < 4.78 is 5.80. The lowest BCUT2D eigenvalue weighted by molar-refractivity contribution is 0.222. The molecule has 2 aliphatic rings. The number of nitrogens with zero attached hydrogens (tertiary/aromatic N) is 2. The normalized spacial score (nSPS) is 18.0. The molecule has 2 N–H and O–H groups in total. The first kappa shape index (κ1) is 22.7. The van der Waals surface area contributed by atoms with Crippen molar-refractivity contribution in [3.63, 3.8) is 0 Å². The molecule has 2 aliphatic heterocycles. The predicted octanol–water partition coefficient (Wildman–Crippen LogP) is 4.89. The molecule has 0 radical (unpaired) electrons. The molecule has 2 heterocycles. The van der Waals surface area contributed by atoms with Gasteiger partial charge in [-0.3, -0.25) is 0 Å². The molecule has 1 saturated heterocycles. The van der Waals surface area contributed by atoms with Crippen molar-refractivity contribution in [2.75, 3.05) is 33.3 Å². The van der Waals surface area contributed by atoms with E-state index in [4.69, 9.17) is 10.5 Å². The number of likely N-dealkylation sites (tertiary alicyclic amines) is 1. The molecule has 1 atom stereocenters. The minimum absolute atomic E-state index is 0.435. The van der Waals surface area contributed by atoms with Crippen LogP contribution >= 0.6 is 0 Å². The van der Waals surface area contributed by atoms with Crippen LogP contribution in [0.5, 0.6) is 5.75 Å². The Kier molecular flexibility index (Phi) is 9.13. The van der Waals surface area contributed by atoms with E-state index in [9.17, 15) is 0 Å². The lowest BCUT2D eigenvalue weighted by atomic mass is 9.98. The standard InChI is InChI=1S/C26H41N3O/c1-3-4-5-6-7-12-24(27)20-28(2)25(21-29-15-8-9-16-29)19-22-13-14-26-23(18-22)11-10-17-30-26/h3,13-14,18,20,25H,1,4-12,15-17,19,21,27H2,2H3/b24-20-. The Morgan fingerprint density at radius 3 is 2.87 bits per heavy atom. The summed E-state index contributed by atoms with van der Waals surface area (Å²) in [7, 11) is 2.20. The van der Waals surface area contributed by atoms with Crippen molar-refractivity contribution in [1.82, 2.24) is 9.80 Å². The summed E-state index contributed by atoms with van der Waals surface area (Å²) in [5.74, 6) is 1.08. The molecule has 0 aromatic heterocycles. The highest BCUT2D eigenvalue weighted by molar-refractivity contribution is 5.38. The van der Waals surface area contributed by atoms with E-state index in [2.05, 4.69) is 47.8 Å². The van der Waals surface area contributed by atoms with E-state index in [1.54, 1.807) is 0 Å². The van der Waals surface area contributed by atoms with Gasteiger partial charge < -0.3 is 20.3 Å². The zero-order valence-electron chi connectivity index (χ0n) is 19.0. The highest BCUT2D eigenvalue weighted by atomic mass is 16.5. The van der Waals surface area contributed by atoms with Gasteiger partial charge in [0.1, 0.15) is 5.75 Å². The number of aryl methyl sites for hydroxylation is 1. The van der Waals surface area contributed by atoms with Crippen molar-refractivity contribution in [2.24, 2.45) is 5.73 Å². The topological polar surface area (TPSA) is 41.7 Å². The monoisotopic (exact) mass is 411 g/mol. The summed E-state index contributed by atoms with van der Waals surface area (Å²) in [6.45, 7) is 8.21. The smallest absolute Gasteiger partial charge is 0.122 e. The Balaban J connectivity index is 1.62. The number of rotatable bonds is 12. The molecular formula is C26H41N3O. The molecule has 0 amide bonds. The van der Waals surface area contributed by atoms with E-state index in [1.807, 2.05) is 6.08 Å². The molecular weight excluding hydrogens is 370 g/mol. The number of fused-ring (bicyclic) bond motifs is 1. The van der Waals surface area contributed by atoms with E-state index < -0.39 is 0 Å². The van der Waals surface area contributed by atoms with Gasteiger partial charge in [-0.15, -0.1) is 6.58 Å². The number of ether oxygens (including phenoxy) is 1. The van der Waals surface area contributed by atoms with Gasteiger partial charge in [-0.05, 0) is 88.1 Å². The molecule has 3 rings (SSSR count). The number of unbranched alkanes of at least 4 members (excludes halogenated alkanes) is 3. The van der Waals surface area contributed by atoms with Crippen LogP contribution in [0.1, 0.15) is 62.5 Å². The van der Waals surface area contributed by atoms with Crippen LogP contribution < -0.4 is 10.5 Å². The second-order valence-corrected chi connectivity index (χ2v) is 9.02. The van der Waals surface area contributed by atoms with E-state index in [1.165, 1.54) is 49.9 Å². The number of nitrogens with two attached hydrogens (primary N) is 1. The Morgan fingerprint density at radius 1 is 1.23 bits per heavy atom. The zero-order chi connectivity index (χ0) is 21.2. The summed E-state index contributed by atoms with van der Waals surface area (Å²) in [4.78, 5) is 4.98. The van der Waals surface area contributed by atoms with Crippen LogP contribution in [0, 0.1) is 0 Å². The average Bonchev–Trinajstić information content (AvgIpc) is 3.26. The molecule has 1 fully saturated rings. The van der Waals surface area contributed by atoms with Gasteiger partial charge in [0.25, 0.3) is 0 Å². The highest BCUT2D eigenvalue weighted by Gasteiger charge is 2.21. The maximum absolute atomic E-state index is 6.39. The molecule has 1 unspecified atom stereocenters. The van der Waals surface area contributed by atoms with Crippen molar-refractivity contribution in [3.8, 4) is 5.75 Å². The van der Waals surface area contributed by atoms with Gasteiger partial charge in [0.05, 0.1) is 6.61 Å². The van der Waals surface area contributed by atoms with Crippen molar-refractivity contribution in [3.05, 3.63) is 53.9 Å². The molecule has 0 bridgehead atoms. The van der Waals surface area contributed by atoms with Crippen LogP contribution in [0.2, 0.25) is 0 Å². The fourth-order valence-corrected chi connectivity index (χ4v) is 4.64. The zero-order valence-corrected chi connectivity index (χ0v) is 19.0. The Morgan fingerprint density at radius 2 is 2.07 bits per heavy atom. The van der Waals surface area contributed by atoms with Crippen LogP contribution in [0.3, 0.4) is 0 Å². The summed E-state index contributed by atoms with van der Waals surface area (Å²) >= 11 is 0. The first-order valence-electron chi connectivity index (χ1n) is 11.9. The average molecular weight is 412 g/mol. The molecule has 0 aliphatic carbocycles. The molecule has 0 saturated carbocycles. The third kappa shape index (κ3) is 7.09. The van der Waals surface area contributed by atoms with Gasteiger partial charge in [-0.25, -0.2) is 0 Å². The molecule has 1 aromatic rings. The van der Waals surface area contributed by atoms with E-state index >= 15 is 0 Å². The second kappa shape index (κ2) is 12.0. The van der Waals surface area contributed by atoms with Gasteiger partial charge in [0, 0.05) is 31.5 Å². The Labute approximate surface area is 183 Å². The van der Waals surface area contributed by atoms with Crippen molar-refractivity contribution < 1.29 is 4.74 Å². The van der Waals surface area contributed by atoms with Crippen LogP contribution in [0.25, 0.3) is 0 Å². The van der Waals surface area contributed by atoms with Gasteiger partial charge >= 0.3 is 0 Å². The SMILES string of the molecule is C=CCCCCC/C(N)=C/N(C)C(Cc1ccc2c(c1)CCCO2)CN1CCCC1. The van der Waals surface area contributed by atoms with E-state index in [-0.39, 0.29) is 0 Å². The largest absolute Gasteiger partial charge is 0.493 e. The lowest BCUT2D eigenvalue weighted by Crippen LogP contribution is -2.40. The molecule has 4 heteroatoms. The van der Waals surface area contributed by atoms with E-state index in [0.29, 0.717) is 6.04 Å². The van der Waals surface area contributed by atoms with Crippen LogP contribution in [-0.2, 0) is 12.8 Å². The van der Waals surface area contributed by atoms with Crippen molar-refractivity contribution in [2.45, 2.75) is 70.3 Å². The maximum Gasteiger partial charge on any atom is 0.122 e. The third-order valence-corrected chi connectivity index (χ3v) is 6.43. The number of hydrogen-bond acceptors (Lipinski definition) is 4. The van der Waals surface area contributed by atoms with Gasteiger partial charge in [0.2, 0.25) is 0 Å². The predicted molar refractivity (Wildman–Crippen MR) is 127 cm³/mol. The van der Waals surface area contributed by atoms with Crippen LogP contribution in [0.15, 0.2) is 42.8 Å². The lowest BCUT2D eigenvalue weighted by Gasteiger charge is -2.32. The summed E-state index contributed by atoms with van der Waals surface area (Å²) in [6.07, 6.45) is 15.8. The maximum atomic E-state index is 6.39. The minimum atomic E-state index is 0.435. The van der Waals surface area contributed by atoms with Crippen molar-refractivity contribution >= 4 is 0 Å². The van der Waals surface area contributed by atoms with Gasteiger partial charge in [-0.1, -0.05) is 24.6 Å². The minimum Gasteiger partial charge on any atom is -0.493 e. The number of benzene rings is 1. The fraction of sp³-hybridized carbons (Fsp3) is 0.615. The molecule has 166 valence electrons. The summed E-state index contributed by atoms with van der Waals surface area (Å²) in [5.41, 5.74) is 10.2. The van der Waals surface area contributed by atoms with E-state index in [0.717, 1.165) is 63.1 Å². The molecule has 30 heavy (non-hydrogen) atoms. The van der Waals surface area contributed by atoms with Crippen LogP contribution in [0.4, 0.5) is 0 Å². The van der Waals surface area contributed by atoms with Crippen molar-refractivity contribution in [1.29, 1.82) is 0 Å². The fourth-order valence-electron chi connectivity index (χ4n) is 4.64. The van der Waals surface area contributed by atoms with Gasteiger partial charge in [0.15, 0.2) is 0 Å². The molecule has 4 nitrogen and oxygen atoms in total. The summed E-state index contributed by atoms with van der Waals surface area (Å²) in [5, 5.41) is 0. The Hall–Kier alpha value is -1.94. The first-order chi connectivity index (χ1) is 14.7.